The molecule has 146 valence electrons. The predicted molar refractivity (Wildman–Crippen MR) is 90.1 cm³/mol. The minimum Gasteiger partial charge on any atom is -0.487 e. The molecule has 0 bridgehead atoms. The summed E-state index contributed by atoms with van der Waals surface area (Å²) in [6.07, 6.45) is -2.44. The van der Waals surface area contributed by atoms with Crippen LogP contribution in [0, 0.1) is 0 Å². The van der Waals surface area contributed by atoms with Crippen molar-refractivity contribution in [3.63, 3.8) is 0 Å². The van der Waals surface area contributed by atoms with Gasteiger partial charge in [0.25, 0.3) is 0 Å². The molecule has 2 aromatic rings. The molecule has 0 amide bonds. The van der Waals surface area contributed by atoms with Crippen molar-refractivity contribution in [1.29, 1.82) is 0 Å². The second kappa shape index (κ2) is 9.11. The average molecular weight is 384 g/mol. The maximum absolute atomic E-state index is 12.7. The first-order chi connectivity index (χ1) is 12.8. The van der Waals surface area contributed by atoms with E-state index in [1.807, 2.05) is 0 Å². The number of allylic oxidation sites excluding steroid dienone is 1. The van der Waals surface area contributed by atoms with Crippen LogP contribution >= 0.6 is 0 Å². The largest absolute Gasteiger partial charge is 0.487 e. The van der Waals surface area contributed by atoms with Crippen molar-refractivity contribution in [1.82, 2.24) is 9.78 Å². The summed E-state index contributed by atoms with van der Waals surface area (Å²) in [5.74, 6) is -1.47. The van der Waals surface area contributed by atoms with Gasteiger partial charge in [0.2, 0.25) is 5.76 Å². The van der Waals surface area contributed by atoms with Crippen molar-refractivity contribution >= 4 is 5.97 Å². The molecule has 1 aromatic carbocycles. The number of ether oxygens (including phenoxy) is 3. The Balaban J connectivity index is 2.00. The lowest BCUT2D eigenvalue weighted by Gasteiger charge is -2.12. The van der Waals surface area contributed by atoms with Gasteiger partial charge in [-0.2, -0.15) is 18.3 Å². The van der Waals surface area contributed by atoms with Crippen LogP contribution in [0.25, 0.3) is 0 Å². The molecular weight excluding hydrogens is 365 g/mol. The molecule has 9 heteroatoms. The number of halogens is 3. The Hall–Kier alpha value is -2.97. The van der Waals surface area contributed by atoms with Crippen LogP contribution in [-0.4, -0.2) is 35.1 Å². The Kier molecular flexibility index (Phi) is 6.86. The number of benzene rings is 1. The van der Waals surface area contributed by atoms with Gasteiger partial charge in [-0.05, 0) is 37.6 Å². The summed E-state index contributed by atoms with van der Waals surface area (Å²) in [4.78, 5) is 11.6. The average Bonchev–Trinajstić information content (AvgIpc) is 3.08. The van der Waals surface area contributed by atoms with E-state index in [9.17, 15) is 18.0 Å². The highest BCUT2D eigenvalue weighted by atomic mass is 19.4. The lowest BCUT2D eigenvalue weighted by atomic mass is 10.2. The molecule has 0 spiro atoms. The zero-order valence-electron chi connectivity index (χ0n) is 14.8. The highest BCUT2D eigenvalue weighted by molar-refractivity contribution is 5.86. The fourth-order valence-electron chi connectivity index (χ4n) is 2.08. The van der Waals surface area contributed by atoms with Gasteiger partial charge in [-0.1, -0.05) is 12.1 Å². The van der Waals surface area contributed by atoms with E-state index in [1.165, 1.54) is 19.1 Å². The van der Waals surface area contributed by atoms with Gasteiger partial charge in [-0.3, -0.25) is 4.68 Å². The first kappa shape index (κ1) is 20.3. The molecule has 0 saturated heterocycles. The standard InChI is InChI=1S/C18H19F3N2O4/c1-3-25-16(18(19,20)21)12-27-14-7-5-13(6-8-14)11-23-10-9-15(22-23)17(24)26-4-2/h5-10,12H,3-4,11H2,1-2H3. The van der Waals surface area contributed by atoms with Crippen molar-refractivity contribution in [2.24, 2.45) is 0 Å². The van der Waals surface area contributed by atoms with Gasteiger partial charge in [0, 0.05) is 6.20 Å². The quantitative estimate of drug-likeness (QED) is 0.510. The summed E-state index contributed by atoms with van der Waals surface area (Å²) < 4.78 is 54.1. The van der Waals surface area contributed by atoms with Crippen molar-refractivity contribution in [3.8, 4) is 5.75 Å². The van der Waals surface area contributed by atoms with E-state index in [0.717, 1.165) is 5.56 Å². The van der Waals surface area contributed by atoms with Crippen LogP contribution in [0.3, 0.4) is 0 Å². The first-order valence-electron chi connectivity index (χ1n) is 8.19. The molecule has 0 saturated carbocycles. The number of carbonyl (C=O) groups excluding carboxylic acids is 1. The number of alkyl halides is 3. The Morgan fingerprint density at radius 2 is 1.78 bits per heavy atom. The van der Waals surface area contributed by atoms with Gasteiger partial charge < -0.3 is 14.2 Å². The summed E-state index contributed by atoms with van der Waals surface area (Å²) in [5, 5.41) is 4.11. The second-order valence-electron chi connectivity index (χ2n) is 5.29. The zero-order valence-corrected chi connectivity index (χ0v) is 14.8. The smallest absolute Gasteiger partial charge is 0.452 e. The van der Waals surface area contributed by atoms with Gasteiger partial charge >= 0.3 is 12.1 Å². The van der Waals surface area contributed by atoms with Gasteiger partial charge in [-0.25, -0.2) is 4.79 Å². The Morgan fingerprint density at radius 1 is 1.11 bits per heavy atom. The van der Waals surface area contributed by atoms with E-state index in [2.05, 4.69) is 9.84 Å². The SMILES string of the molecule is CCOC(=O)c1ccn(Cc2ccc(OC=C(OCC)C(F)(F)F)cc2)n1. The molecule has 2 rings (SSSR count). The number of nitrogens with zero attached hydrogens (tertiary/aromatic N) is 2. The summed E-state index contributed by atoms with van der Waals surface area (Å²) in [6.45, 7) is 3.69. The van der Waals surface area contributed by atoms with E-state index >= 15 is 0 Å². The molecule has 0 atom stereocenters. The van der Waals surface area contributed by atoms with Gasteiger partial charge in [-0.15, -0.1) is 0 Å². The molecule has 0 radical (unpaired) electrons. The molecule has 6 nitrogen and oxygen atoms in total. The third-order valence-corrected chi connectivity index (χ3v) is 3.27. The van der Waals surface area contributed by atoms with Crippen molar-refractivity contribution in [2.45, 2.75) is 26.6 Å². The minimum atomic E-state index is -4.62. The molecule has 0 N–H and O–H groups in total. The maximum Gasteiger partial charge on any atom is 0.452 e. The Bertz CT molecular complexity index is 783. The first-order valence-corrected chi connectivity index (χ1v) is 8.19. The molecule has 1 heterocycles. The zero-order chi connectivity index (χ0) is 19.9. The molecular formula is C18H19F3N2O4. The number of aromatic nitrogens is 2. The highest BCUT2D eigenvalue weighted by Crippen LogP contribution is 2.27. The molecule has 0 unspecified atom stereocenters. The van der Waals surface area contributed by atoms with Gasteiger partial charge in [0.15, 0.2) is 5.69 Å². The van der Waals surface area contributed by atoms with Crippen LogP contribution in [0.4, 0.5) is 13.2 Å². The van der Waals surface area contributed by atoms with Crippen LogP contribution in [0.15, 0.2) is 48.5 Å². The van der Waals surface area contributed by atoms with E-state index in [4.69, 9.17) is 9.47 Å². The Morgan fingerprint density at radius 3 is 2.37 bits per heavy atom. The lowest BCUT2D eigenvalue weighted by molar-refractivity contribution is -0.132. The lowest BCUT2D eigenvalue weighted by Crippen LogP contribution is -2.15. The van der Waals surface area contributed by atoms with Crippen LogP contribution in [0.2, 0.25) is 0 Å². The highest BCUT2D eigenvalue weighted by Gasteiger charge is 2.36. The number of hydrogen-bond acceptors (Lipinski definition) is 5. The third kappa shape index (κ3) is 6.05. The van der Waals surface area contributed by atoms with Gasteiger partial charge in [0.1, 0.15) is 12.0 Å². The predicted octanol–water partition coefficient (Wildman–Crippen LogP) is 3.93. The molecule has 0 fully saturated rings. The molecule has 0 aliphatic carbocycles. The maximum atomic E-state index is 12.7. The van der Waals surface area contributed by atoms with Crippen molar-refractivity contribution in [3.05, 3.63) is 59.8 Å². The van der Waals surface area contributed by atoms with E-state index in [0.29, 0.717) is 12.8 Å². The van der Waals surface area contributed by atoms with Gasteiger partial charge in [0.05, 0.1) is 19.8 Å². The molecule has 1 aromatic heterocycles. The normalized spacial score (nSPS) is 12.0. The van der Waals surface area contributed by atoms with Crippen LogP contribution in [-0.2, 0) is 16.0 Å². The molecule has 27 heavy (non-hydrogen) atoms. The van der Waals surface area contributed by atoms with E-state index < -0.39 is 17.9 Å². The van der Waals surface area contributed by atoms with Crippen LogP contribution in [0.1, 0.15) is 29.9 Å². The summed E-state index contributed by atoms with van der Waals surface area (Å²) in [7, 11) is 0. The molecule has 0 aliphatic heterocycles. The fourth-order valence-corrected chi connectivity index (χ4v) is 2.08. The van der Waals surface area contributed by atoms with Crippen molar-refractivity contribution in [2.75, 3.05) is 13.2 Å². The summed E-state index contributed by atoms with van der Waals surface area (Å²) in [5.41, 5.74) is 1.03. The summed E-state index contributed by atoms with van der Waals surface area (Å²) in [6, 6.07) is 7.97. The van der Waals surface area contributed by atoms with Crippen molar-refractivity contribution < 1.29 is 32.2 Å². The number of esters is 1. The van der Waals surface area contributed by atoms with Crippen LogP contribution < -0.4 is 4.74 Å². The Labute approximate surface area is 154 Å². The topological polar surface area (TPSA) is 62.6 Å². The second-order valence-corrected chi connectivity index (χ2v) is 5.29. The number of hydrogen-bond donors (Lipinski definition) is 0. The summed E-state index contributed by atoms with van der Waals surface area (Å²) >= 11 is 0. The number of carbonyl (C=O) groups is 1. The van der Waals surface area contributed by atoms with Crippen LogP contribution in [0.5, 0.6) is 5.75 Å². The monoisotopic (exact) mass is 384 g/mol. The third-order valence-electron chi connectivity index (χ3n) is 3.27. The van der Waals surface area contributed by atoms with E-state index in [-0.39, 0.29) is 24.7 Å². The van der Waals surface area contributed by atoms with E-state index in [1.54, 1.807) is 36.0 Å². The fraction of sp³-hybridized carbons (Fsp3) is 0.333. The number of rotatable bonds is 8. The molecule has 0 aliphatic rings. The minimum absolute atomic E-state index is 0.120.